The third-order valence-electron chi connectivity index (χ3n) is 4.13. The normalized spacial score (nSPS) is 17.2. The number of aliphatic imine (C=N–C) groups is 1. The molecule has 0 radical (unpaired) electrons. The van der Waals surface area contributed by atoms with Gasteiger partial charge in [-0.1, -0.05) is 0 Å². The Labute approximate surface area is 183 Å². The number of halogens is 1. The van der Waals surface area contributed by atoms with Crippen LogP contribution in [0.4, 0.5) is 0 Å². The molecule has 27 heavy (non-hydrogen) atoms. The number of rotatable bonds is 8. The molecule has 1 aliphatic heterocycles. The third-order valence-corrected chi connectivity index (χ3v) is 6.07. The molecule has 0 aromatic rings. The van der Waals surface area contributed by atoms with Crippen molar-refractivity contribution in [3.63, 3.8) is 0 Å². The Bertz CT molecular complexity index is 491. The molecular weight excluding hydrogens is 481 g/mol. The zero-order valence-electron chi connectivity index (χ0n) is 17.2. The van der Waals surface area contributed by atoms with Crippen LogP contribution in [0.5, 0.6) is 0 Å². The molecule has 1 saturated heterocycles. The third kappa shape index (κ3) is 10.6. The summed E-state index contributed by atoms with van der Waals surface area (Å²) in [7, 11) is 2.51. The minimum absolute atomic E-state index is 0. The molecule has 1 atom stereocenters. The molecule has 0 aromatic carbocycles. The first-order valence-electron chi connectivity index (χ1n) is 9.10. The van der Waals surface area contributed by atoms with Gasteiger partial charge in [-0.15, -0.1) is 24.0 Å². The van der Waals surface area contributed by atoms with E-state index in [0.717, 1.165) is 32.1 Å². The molecule has 2 N–H and O–H groups in total. The van der Waals surface area contributed by atoms with Crippen LogP contribution in [0.15, 0.2) is 4.99 Å². The Morgan fingerprint density at radius 1 is 1.15 bits per heavy atom. The largest absolute Gasteiger partial charge is 0.383 e. The van der Waals surface area contributed by atoms with E-state index in [-0.39, 0.29) is 34.6 Å². The molecule has 0 aliphatic carbocycles. The second kappa shape index (κ2) is 13.7. The lowest BCUT2D eigenvalue weighted by Gasteiger charge is -2.36. The monoisotopic (exact) mass is 517 g/mol. The number of nitrogens with one attached hydrogen (secondary N) is 2. The van der Waals surface area contributed by atoms with Crippen LogP contribution in [0.2, 0.25) is 0 Å². The van der Waals surface area contributed by atoms with Crippen molar-refractivity contribution in [2.45, 2.75) is 25.5 Å². The number of carbonyl (C=O) groups is 1. The topological polar surface area (TPSA) is 86.3 Å². The van der Waals surface area contributed by atoms with Gasteiger partial charge in [-0.25, -0.2) is 0 Å². The maximum absolute atomic E-state index is 12.1. The summed E-state index contributed by atoms with van der Waals surface area (Å²) in [5.74, 6) is 1.46. The van der Waals surface area contributed by atoms with Crippen molar-refractivity contribution < 1.29 is 13.7 Å². The Hall–Kier alpha value is -0.460. The molecule has 1 aliphatic rings. The smallest absolute Gasteiger partial charge is 0.234 e. The van der Waals surface area contributed by atoms with Crippen LogP contribution in [-0.2, 0) is 20.3 Å². The Morgan fingerprint density at radius 3 is 2.30 bits per heavy atom. The number of nitrogens with zero attached hydrogens (tertiary/aromatic N) is 3. The second-order valence-electron chi connectivity index (χ2n) is 7.24. The van der Waals surface area contributed by atoms with Crippen LogP contribution in [-0.4, -0.2) is 103 Å². The van der Waals surface area contributed by atoms with Gasteiger partial charge in [-0.05, 0) is 20.8 Å². The highest BCUT2D eigenvalue weighted by atomic mass is 127. The average Bonchev–Trinajstić information content (AvgIpc) is 2.59. The number of guanidine groups is 1. The van der Waals surface area contributed by atoms with Gasteiger partial charge in [0.1, 0.15) is 0 Å². The van der Waals surface area contributed by atoms with Crippen LogP contribution >= 0.6 is 24.0 Å². The molecule has 10 heteroatoms. The van der Waals surface area contributed by atoms with E-state index in [9.17, 15) is 9.00 Å². The van der Waals surface area contributed by atoms with Crippen molar-refractivity contribution in [3.8, 4) is 0 Å². The molecule has 0 bridgehead atoms. The van der Waals surface area contributed by atoms with Gasteiger partial charge in [0.25, 0.3) is 0 Å². The summed E-state index contributed by atoms with van der Waals surface area (Å²) in [6, 6.07) is 0. The quantitative estimate of drug-likeness (QED) is 0.206. The maximum Gasteiger partial charge on any atom is 0.234 e. The maximum atomic E-state index is 12.1. The summed E-state index contributed by atoms with van der Waals surface area (Å²) in [6.45, 7) is 11.3. The number of hydrogen-bond acceptors (Lipinski definition) is 5. The van der Waals surface area contributed by atoms with Gasteiger partial charge in [0.05, 0.1) is 13.2 Å². The van der Waals surface area contributed by atoms with Crippen molar-refractivity contribution >= 4 is 46.6 Å². The minimum Gasteiger partial charge on any atom is -0.383 e. The number of ether oxygens (including phenoxy) is 1. The van der Waals surface area contributed by atoms with Gasteiger partial charge in [0.2, 0.25) is 5.91 Å². The van der Waals surface area contributed by atoms with E-state index in [1.165, 1.54) is 0 Å². The number of amides is 1. The summed E-state index contributed by atoms with van der Waals surface area (Å²) in [5, 5.41) is 6.15. The van der Waals surface area contributed by atoms with Gasteiger partial charge in [-0.2, -0.15) is 0 Å². The van der Waals surface area contributed by atoms with Crippen LogP contribution in [0.1, 0.15) is 20.8 Å². The van der Waals surface area contributed by atoms with Crippen LogP contribution in [0.3, 0.4) is 0 Å². The van der Waals surface area contributed by atoms with Crippen molar-refractivity contribution in [3.05, 3.63) is 0 Å². The Kier molecular flexibility index (Phi) is 13.4. The van der Waals surface area contributed by atoms with Gasteiger partial charge in [0, 0.05) is 74.7 Å². The summed E-state index contributed by atoms with van der Waals surface area (Å²) in [6.07, 6.45) is 0. The summed E-state index contributed by atoms with van der Waals surface area (Å²) in [5.41, 5.74) is 0. The fourth-order valence-electron chi connectivity index (χ4n) is 2.56. The van der Waals surface area contributed by atoms with E-state index in [1.54, 1.807) is 14.2 Å². The van der Waals surface area contributed by atoms with Gasteiger partial charge < -0.3 is 20.3 Å². The predicted molar refractivity (Wildman–Crippen MR) is 122 cm³/mol. The Balaban J connectivity index is 0.00000676. The standard InChI is InChI=1S/C17H35N5O3S.HI/c1-17(2,3)26(24)13-7-20-16(18-4)22-10-8-21(9-11-22)14-15(23)19-6-12-25-5;/h6-14H2,1-5H3,(H,18,20)(H,19,23);1H. The lowest BCUT2D eigenvalue weighted by atomic mass is 10.3. The van der Waals surface area contributed by atoms with Crippen LogP contribution in [0, 0.1) is 0 Å². The molecule has 1 amide bonds. The SMILES string of the molecule is CN=C(NCCS(=O)C(C)(C)C)N1CCN(CC(=O)NCCOC)CC1.I. The second-order valence-corrected chi connectivity index (χ2v) is 9.57. The summed E-state index contributed by atoms with van der Waals surface area (Å²) < 4.78 is 16.8. The van der Waals surface area contributed by atoms with Crippen LogP contribution in [0.25, 0.3) is 0 Å². The van der Waals surface area contributed by atoms with Crippen molar-refractivity contribution in [1.29, 1.82) is 0 Å². The first-order chi connectivity index (χ1) is 12.3. The highest BCUT2D eigenvalue weighted by Crippen LogP contribution is 2.10. The first-order valence-corrected chi connectivity index (χ1v) is 10.4. The number of hydrogen-bond donors (Lipinski definition) is 2. The van der Waals surface area contributed by atoms with E-state index < -0.39 is 10.8 Å². The van der Waals surface area contributed by atoms with Gasteiger partial charge >= 0.3 is 0 Å². The van der Waals surface area contributed by atoms with Gasteiger partial charge in [0.15, 0.2) is 5.96 Å². The molecule has 1 fully saturated rings. The molecule has 0 saturated carbocycles. The molecule has 0 aromatic heterocycles. The lowest BCUT2D eigenvalue weighted by Crippen LogP contribution is -2.54. The van der Waals surface area contributed by atoms with Crippen molar-refractivity contribution in [1.82, 2.24) is 20.4 Å². The first kappa shape index (κ1) is 26.5. The Morgan fingerprint density at radius 2 is 1.78 bits per heavy atom. The van der Waals surface area contributed by atoms with Crippen molar-refractivity contribution in [2.24, 2.45) is 4.99 Å². The van der Waals surface area contributed by atoms with Gasteiger partial charge in [-0.3, -0.25) is 18.9 Å². The zero-order valence-corrected chi connectivity index (χ0v) is 20.4. The van der Waals surface area contributed by atoms with Crippen LogP contribution < -0.4 is 10.6 Å². The minimum atomic E-state index is -0.875. The molecule has 8 nitrogen and oxygen atoms in total. The fourth-order valence-corrected chi connectivity index (χ4v) is 3.46. The molecule has 1 heterocycles. The number of piperazine rings is 1. The van der Waals surface area contributed by atoms with E-state index >= 15 is 0 Å². The molecule has 1 rings (SSSR count). The predicted octanol–water partition coefficient (Wildman–Crippen LogP) is 0.107. The fraction of sp³-hybridized carbons (Fsp3) is 0.882. The average molecular weight is 517 g/mol. The van der Waals surface area contributed by atoms with Crippen molar-refractivity contribution in [2.75, 3.05) is 72.3 Å². The number of carbonyl (C=O) groups excluding carboxylic acids is 1. The highest BCUT2D eigenvalue weighted by molar-refractivity contribution is 14.0. The summed E-state index contributed by atoms with van der Waals surface area (Å²) in [4.78, 5) is 20.5. The zero-order chi connectivity index (χ0) is 19.6. The molecule has 160 valence electrons. The molecular formula is C17H36IN5O3S. The van der Waals surface area contributed by atoms with E-state index in [0.29, 0.717) is 32.0 Å². The van der Waals surface area contributed by atoms with E-state index in [1.807, 2.05) is 20.8 Å². The molecule has 1 unspecified atom stereocenters. The lowest BCUT2D eigenvalue weighted by molar-refractivity contribution is -0.122. The number of methoxy groups -OCH3 is 1. The summed E-state index contributed by atoms with van der Waals surface area (Å²) >= 11 is 0. The highest BCUT2D eigenvalue weighted by Gasteiger charge is 2.22. The van der Waals surface area contributed by atoms with E-state index in [2.05, 4.69) is 25.4 Å². The molecule has 0 spiro atoms. The van der Waals surface area contributed by atoms with E-state index in [4.69, 9.17) is 4.74 Å².